The van der Waals surface area contributed by atoms with Crippen molar-refractivity contribution in [2.75, 3.05) is 0 Å². The van der Waals surface area contributed by atoms with Gasteiger partial charge in [-0.1, -0.05) is 37.8 Å². The van der Waals surface area contributed by atoms with Crippen LogP contribution in [0, 0.1) is 18.2 Å². The van der Waals surface area contributed by atoms with Crippen LogP contribution in [0.4, 0.5) is 0 Å². The lowest BCUT2D eigenvalue weighted by Gasteiger charge is -2.42. The first-order valence-electron chi connectivity index (χ1n) is 8.89. The summed E-state index contributed by atoms with van der Waals surface area (Å²) in [5.41, 5.74) is 8.44. The average Bonchev–Trinajstić information content (AvgIpc) is 3.31. The fraction of sp³-hybridized carbons (Fsp3) is 0.579. The summed E-state index contributed by atoms with van der Waals surface area (Å²) in [6.45, 7) is 0. The summed E-state index contributed by atoms with van der Waals surface area (Å²) < 4.78 is 0. The number of nitrogens with zero attached hydrogens (tertiary/aromatic N) is 1. The number of hydrogen-bond donors (Lipinski definition) is 2. The number of aromatic amines is 1. The van der Waals surface area contributed by atoms with Crippen LogP contribution in [0.25, 0.3) is 11.0 Å². The Kier molecular flexibility index (Phi) is 3.63. The lowest BCUT2D eigenvalue weighted by atomic mass is 9.60. The zero-order valence-corrected chi connectivity index (χ0v) is 13.5. The molecule has 1 amide bonds. The van der Waals surface area contributed by atoms with Gasteiger partial charge in [0.25, 0.3) is 0 Å². The van der Waals surface area contributed by atoms with E-state index in [9.17, 15) is 4.79 Å². The summed E-state index contributed by atoms with van der Waals surface area (Å²) in [6, 6.07) is 6.10. The van der Waals surface area contributed by atoms with E-state index in [1.165, 1.54) is 25.7 Å². The number of H-pyrrole nitrogens is 1. The molecule has 0 bridgehead atoms. The molecule has 1 radical (unpaired) electrons. The van der Waals surface area contributed by atoms with Crippen molar-refractivity contribution in [1.82, 2.24) is 9.97 Å². The van der Waals surface area contributed by atoms with Crippen LogP contribution in [0.2, 0.25) is 0 Å². The van der Waals surface area contributed by atoms with Gasteiger partial charge in [-0.25, -0.2) is 4.98 Å². The second-order valence-electron chi connectivity index (χ2n) is 7.25. The van der Waals surface area contributed by atoms with Gasteiger partial charge in [0.05, 0.1) is 16.4 Å². The predicted octanol–water partition coefficient (Wildman–Crippen LogP) is 3.47. The zero-order chi connectivity index (χ0) is 15.9. The molecule has 0 aliphatic heterocycles. The lowest BCUT2D eigenvalue weighted by Crippen LogP contribution is -2.51. The minimum Gasteiger partial charge on any atom is -0.369 e. The highest BCUT2D eigenvalue weighted by Gasteiger charge is 2.53. The first kappa shape index (κ1) is 14.7. The van der Waals surface area contributed by atoms with Crippen molar-refractivity contribution in [2.45, 2.75) is 56.8 Å². The van der Waals surface area contributed by atoms with Crippen molar-refractivity contribution in [2.24, 2.45) is 17.6 Å². The van der Waals surface area contributed by atoms with Crippen molar-refractivity contribution in [1.29, 1.82) is 0 Å². The summed E-state index contributed by atoms with van der Waals surface area (Å²) in [5.74, 6) is 0.558. The summed E-state index contributed by atoms with van der Waals surface area (Å²) in [4.78, 5) is 20.4. The molecule has 23 heavy (non-hydrogen) atoms. The maximum atomic E-state index is 12.9. The number of carbonyl (C=O) groups is 1. The zero-order valence-electron chi connectivity index (χ0n) is 13.5. The quantitative estimate of drug-likeness (QED) is 0.907. The lowest BCUT2D eigenvalue weighted by molar-refractivity contribution is -0.128. The first-order chi connectivity index (χ1) is 11.2. The van der Waals surface area contributed by atoms with Crippen LogP contribution in [0.15, 0.2) is 18.2 Å². The molecule has 4 nitrogen and oxygen atoms in total. The van der Waals surface area contributed by atoms with Gasteiger partial charge in [0.1, 0.15) is 0 Å². The predicted molar refractivity (Wildman–Crippen MR) is 89.7 cm³/mol. The van der Waals surface area contributed by atoms with Crippen LogP contribution in [-0.4, -0.2) is 15.9 Å². The molecule has 3 N–H and O–H groups in total. The van der Waals surface area contributed by atoms with Gasteiger partial charge in [-0.15, -0.1) is 0 Å². The molecule has 0 atom stereocenters. The van der Waals surface area contributed by atoms with Crippen LogP contribution in [0.1, 0.15) is 56.9 Å². The van der Waals surface area contributed by atoms with Gasteiger partial charge in [0, 0.05) is 0 Å². The van der Waals surface area contributed by atoms with Crippen molar-refractivity contribution < 1.29 is 4.79 Å². The minimum atomic E-state index is -0.560. The van der Waals surface area contributed by atoms with Crippen molar-refractivity contribution >= 4 is 16.9 Å². The van der Waals surface area contributed by atoms with Crippen LogP contribution < -0.4 is 5.73 Å². The van der Waals surface area contributed by atoms with Crippen LogP contribution in [0.3, 0.4) is 0 Å². The number of rotatable bonds is 4. The number of nitrogens with two attached hydrogens (primary N) is 1. The third-order valence-corrected chi connectivity index (χ3v) is 6.25. The Morgan fingerprint density at radius 3 is 2.30 bits per heavy atom. The Bertz CT molecular complexity index is 692. The molecule has 2 aliphatic rings. The van der Waals surface area contributed by atoms with Gasteiger partial charge in [0.2, 0.25) is 5.91 Å². The second kappa shape index (κ2) is 5.66. The van der Waals surface area contributed by atoms with Crippen molar-refractivity contribution in [3.8, 4) is 0 Å². The Labute approximate surface area is 136 Å². The van der Waals surface area contributed by atoms with Gasteiger partial charge >= 0.3 is 0 Å². The highest BCUT2D eigenvalue weighted by atomic mass is 16.1. The molecule has 1 aromatic heterocycles. The summed E-state index contributed by atoms with van der Waals surface area (Å²) >= 11 is 0. The Morgan fingerprint density at radius 1 is 1.13 bits per heavy atom. The third kappa shape index (κ3) is 2.11. The van der Waals surface area contributed by atoms with Gasteiger partial charge < -0.3 is 10.7 Å². The number of benzene rings is 1. The van der Waals surface area contributed by atoms with E-state index in [0.29, 0.717) is 11.8 Å². The monoisotopic (exact) mass is 310 g/mol. The second-order valence-corrected chi connectivity index (χ2v) is 7.25. The molecular formula is C19H24N3O. The topological polar surface area (TPSA) is 71.8 Å². The minimum absolute atomic E-state index is 0.146. The van der Waals surface area contributed by atoms with E-state index in [1.807, 2.05) is 12.1 Å². The third-order valence-electron chi connectivity index (χ3n) is 6.25. The van der Waals surface area contributed by atoms with E-state index in [0.717, 1.165) is 42.3 Å². The fourth-order valence-electron chi connectivity index (χ4n) is 5.31. The molecule has 2 saturated carbocycles. The number of aromatic nitrogens is 2. The highest BCUT2D eigenvalue weighted by Crippen LogP contribution is 2.53. The Balaban J connectivity index is 1.96. The number of carbonyl (C=O) groups excluding carboxylic acids is 1. The number of imidazole rings is 1. The van der Waals surface area contributed by atoms with Gasteiger partial charge in [-0.2, -0.15) is 0 Å². The molecule has 4 heteroatoms. The van der Waals surface area contributed by atoms with Crippen LogP contribution >= 0.6 is 0 Å². The molecule has 2 aromatic rings. The summed E-state index contributed by atoms with van der Waals surface area (Å²) in [5, 5.41) is 0. The van der Waals surface area contributed by atoms with E-state index in [1.54, 1.807) is 0 Å². The number of primary amides is 1. The van der Waals surface area contributed by atoms with E-state index in [4.69, 9.17) is 5.73 Å². The van der Waals surface area contributed by atoms with E-state index in [2.05, 4.69) is 22.4 Å². The highest BCUT2D eigenvalue weighted by molar-refractivity contribution is 5.93. The number of hydrogen-bond acceptors (Lipinski definition) is 2. The normalized spacial score (nSPS) is 20.5. The number of amides is 1. The maximum Gasteiger partial charge on any atom is 0.228 e. The molecule has 1 heterocycles. The number of nitrogens with one attached hydrogen (secondary N) is 1. The van der Waals surface area contributed by atoms with Gasteiger partial charge in [-0.3, -0.25) is 4.79 Å². The average molecular weight is 310 g/mol. The molecule has 0 unspecified atom stereocenters. The number of para-hydroxylation sites is 1. The summed E-state index contributed by atoms with van der Waals surface area (Å²) in [6.07, 6.45) is 12.1. The molecular weight excluding hydrogens is 286 g/mol. The maximum absolute atomic E-state index is 12.9. The SMILES string of the molecule is NC(=O)C(c1cccc2[nH][c]nc12)(C1CCCC1)C1CCCC1. The number of fused-ring (bicyclic) bond motifs is 1. The van der Waals surface area contributed by atoms with Crippen molar-refractivity contribution in [3.63, 3.8) is 0 Å². The Morgan fingerprint density at radius 2 is 1.74 bits per heavy atom. The largest absolute Gasteiger partial charge is 0.369 e. The molecule has 2 aliphatic carbocycles. The fourth-order valence-corrected chi connectivity index (χ4v) is 5.31. The van der Waals surface area contributed by atoms with E-state index in [-0.39, 0.29) is 5.91 Å². The molecule has 4 rings (SSSR count). The van der Waals surface area contributed by atoms with Gasteiger partial charge in [0.15, 0.2) is 6.33 Å². The van der Waals surface area contributed by atoms with E-state index < -0.39 is 5.41 Å². The van der Waals surface area contributed by atoms with Gasteiger partial charge in [-0.05, 0) is 49.1 Å². The first-order valence-corrected chi connectivity index (χ1v) is 8.89. The molecule has 2 fully saturated rings. The molecule has 121 valence electrons. The standard InChI is InChI=1S/C19H24N3O/c20-18(23)19(13-6-1-2-7-13,14-8-3-4-9-14)15-10-5-11-16-17(15)22-12-21-16/h5,10-11,13-14H,1-4,6-9H2,(H2,20,23)(H,21,22). The Hall–Kier alpha value is -1.84. The smallest absolute Gasteiger partial charge is 0.228 e. The van der Waals surface area contributed by atoms with Crippen LogP contribution in [0.5, 0.6) is 0 Å². The molecule has 0 saturated heterocycles. The molecule has 0 spiro atoms. The van der Waals surface area contributed by atoms with Crippen LogP contribution in [-0.2, 0) is 10.2 Å². The van der Waals surface area contributed by atoms with Crippen molar-refractivity contribution in [3.05, 3.63) is 30.1 Å². The molecule has 1 aromatic carbocycles. The van der Waals surface area contributed by atoms with E-state index >= 15 is 0 Å². The summed E-state index contributed by atoms with van der Waals surface area (Å²) in [7, 11) is 0.